The number of halogens is 1. The van der Waals surface area contributed by atoms with E-state index in [1.165, 1.54) is 18.2 Å². The van der Waals surface area contributed by atoms with Gasteiger partial charge >= 0.3 is 6.09 Å². The van der Waals surface area contributed by atoms with E-state index < -0.39 is 28.3 Å². The van der Waals surface area contributed by atoms with Gasteiger partial charge in [0, 0.05) is 23.4 Å². The smallest absolute Gasteiger partial charge is 0.424 e. The predicted molar refractivity (Wildman–Crippen MR) is 109 cm³/mol. The van der Waals surface area contributed by atoms with E-state index in [1.54, 1.807) is 36.4 Å². The number of amides is 1. The summed E-state index contributed by atoms with van der Waals surface area (Å²) in [6.45, 7) is 5.45. The molecule has 2 aromatic carbocycles. The quantitative estimate of drug-likeness (QED) is 0.478. The van der Waals surface area contributed by atoms with E-state index in [0.29, 0.717) is 14.9 Å². The Labute approximate surface area is 174 Å². The first-order chi connectivity index (χ1) is 13.7. The molecule has 3 rings (SSSR count). The molecule has 1 amide bonds. The highest BCUT2D eigenvalue weighted by atomic mass is 35.5. The molecule has 152 valence electrons. The Hall–Kier alpha value is -2.64. The zero-order valence-electron chi connectivity index (χ0n) is 15.7. The monoisotopic (exact) mass is 433 g/mol. The topological polar surface area (TPSA) is 80.8 Å². The lowest BCUT2D eigenvalue weighted by molar-refractivity contribution is 0.0931. The first-order valence-electron chi connectivity index (χ1n) is 8.95. The van der Waals surface area contributed by atoms with Gasteiger partial charge in [-0.1, -0.05) is 35.4 Å². The molecule has 1 saturated heterocycles. The maximum Gasteiger partial charge on any atom is 0.424 e. The van der Waals surface area contributed by atoms with E-state index in [1.807, 2.05) is 6.92 Å². The van der Waals surface area contributed by atoms with Crippen LogP contribution in [0.3, 0.4) is 0 Å². The molecule has 0 radical (unpaired) electrons. The molecule has 1 aliphatic heterocycles. The number of hydrogen-bond donors (Lipinski definition) is 0. The summed E-state index contributed by atoms with van der Waals surface area (Å²) in [6.07, 6.45) is -0.247. The Morgan fingerprint density at radius 2 is 1.79 bits per heavy atom. The highest BCUT2D eigenvalue weighted by Gasteiger charge is 2.49. The van der Waals surface area contributed by atoms with Crippen LogP contribution >= 0.6 is 11.6 Å². The Morgan fingerprint density at radius 1 is 1.17 bits per heavy atom. The molecule has 2 aromatic rings. The lowest BCUT2D eigenvalue weighted by Gasteiger charge is -2.23. The molecule has 0 N–H and O–H groups in total. The average molecular weight is 434 g/mol. The normalized spacial score (nSPS) is 19.1. The number of nitrogens with zero attached hydrogens (tertiary/aromatic N) is 1. The first-order valence-corrected chi connectivity index (χ1v) is 10.8. The number of rotatable bonds is 7. The predicted octanol–water partition coefficient (Wildman–Crippen LogP) is 4.38. The Kier molecular flexibility index (Phi) is 6.10. The van der Waals surface area contributed by atoms with Crippen LogP contribution in [0.25, 0.3) is 0 Å². The maximum atomic E-state index is 13.1. The fourth-order valence-corrected chi connectivity index (χ4v) is 4.81. The van der Waals surface area contributed by atoms with Crippen LogP contribution in [0.15, 0.2) is 66.1 Å². The highest BCUT2D eigenvalue weighted by Crippen LogP contribution is 2.32. The third-order valence-corrected chi connectivity index (χ3v) is 6.76. The molecule has 0 aromatic heterocycles. The molecule has 1 aliphatic rings. The minimum atomic E-state index is -4.19. The SMILES string of the molecule is C=CC[C@@H]1OC(=O)N(S(=O)(=O)c2ccc(C)cc2)[C@H]1CC(=O)c1ccc(Cl)cc1. The summed E-state index contributed by atoms with van der Waals surface area (Å²) in [5.74, 6) is -0.317. The second kappa shape index (κ2) is 8.39. The number of carbonyl (C=O) groups is 2. The molecule has 0 aliphatic carbocycles. The van der Waals surface area contributed by atoms with E-state index in [-0.39, 0.29) is 23.5 Å². The minimum absolute atomic E-state index is 0.0387. The van der Waals surface area contributed by atoms with Gasteiger partial charge in [0.1, 0.15) is 6.10 Å². The molecule has 8 heteroatoms. The molecule has 1 heterocycles. The molecule has 29 heavy (non-hydrogen) atoms. The molecular formula is C21H20ClNO5S. The second-order valence-corrected chi connectivity index (χ2v) is 9.01. The summed E-state index contributed by atoms with van der Waals surface area (Å²) in [6, 6.07) is 11.4. The Morgan fingerprint density at radius 3 is 2.38 bits per heavy atom. The summed E-state index contributed by atoms with van der Waals surface area (Å²) in [4.78, 5) is 25.2. The van der Waals surface area contributed by atoms with Crippen molar-refractivity contribution < 1.29 is 22.7 Å². The average Bonchev–Trinajstić information content (AvgIpc) is 2.98. The van der Waals surface area contributed by atoms with Gasteiger partial charge in [0.25, 0.3) is 10.0 Å². The van der Waals surface area contributed by atoms with Crippen molar-refractivity contribution in [1.82, 2.24) is 4.31 Å². The number of ketones is 1. The number of benzene rings is 2. The zero-order valence-corrected chi connectivity index (χ0v) is 17.3. The third-order valence-electron chi connectivity index (χ3n) is 4.70. The molecule has 0 saturated carbocycles. The molecule has 0 spiro atoms. The van der Waals surface area contributed by atoms with E-state index in [9.17, 15) is 18.0 Å². The molecule has 0 unspecified atom stereocenters. The number of carbonyl (C=O) groups excluding carboxylic acids is 2. The maximum absolute atomic E-state index is 13.1. The summed E-state index contributed by atoms with van der Waals surface area (Å²) < 4.78 is 32.3. The van der Waals surface area contributed by atoms with Crippen LogP contribution in [0.2, 0.25) is 5.02 Å². The number of ether oxygens (including phenoxy) is 1. The van der Waals surface area contributed by atoms with Crippen LogP contribution in [0.5, 0.6) is 0 Å². The van der Waals surface area contributed by atoms with Gasteiger partial charge in [0.2, 0.25) is 0 Å². The van der Waals surface area contributed by atoms with Gasteiger partial charge < -0.3 is 4.74 Å². The lowest BCUT2D eigenvalue weighted by Crippen LogP contribution is -2.42. The summed E-state index contributed by atoms with van der Waals surface area (Å²) in [5.41, 5.74) is 1.26. The number of Topliss-reactive ketones (excluding diaryl/α,β-unsaturated/α-hetero) is 1. The molecule has 0 bridgehead atoms. The number of hydrogen-bond acceptors (Lipinski definition) is 5. The fourth-order valence-electron chi connectivity index (χ4n) is 3.17. The Bertz CT molecular complexity index is 1030. The minimum Gasteiger partial charge on any atom is -0.443 e. The third kappa shape index (κ3) is 4.36. The molecule has 1 fully saturated rings. The van der Waals surface area contributed by atoms with Crippen molar-refractivity contribution in [2.45, 2.75) is 36.8 Å². The van der Waals surface area contributed by atoms with Crippen molar-refractivity contribution in [3.05, 3.63) is 77.3 Å². The molecular weight excluding hydrogens is 414 g/mol. The van der Waals surface area contributed by atoms with Crippen molar-refractivity contribution in [3.8, 4) is 0 Å². The van der Waals surface area contributed by atoms with Crippen molar-refractivity contribution in [1.29, 1.82) is 0 Å². The van der Waals surface area contributed by atoms with E-state index >= 15 is 0 Å². The van der Waals surface area contributed by atoms with Crippen molar-refractivity contribution >= 4 is 33.5 Å². The van der Waals surface area contributed by atoms with Gasteiger partial charge in [0.05, 0.1) is 10.9 Å². The fraction of sp³-hybridized carbons (Fsp3) is 0.238. The summed E-state index contributed by atoms with van der Waals surface area (Å²) in [5, 5.41) is 0.481. The van der Waals surface area contributed by atoms with Crippen molar-refractivity contribution in [3.63, 3.8) is 0 Å². The van der Waals surface area contributed by atoms with Crippen LogP contribution < -0.4 is 0 Å². The number of sulfonamides is 1. The van der Waals surface area contributed by atoms with E-state index in [2.05, 4.69) is 6.58 Å². The summed E-state index contributed by atoms with van der Waals surface area (Å²) >= 11 is 5.86. The van der Waals surface area contributed by atoms with Gasteiger partial charge in [-0.25, -0.2) is 13.2 Å². The summed E-state index contributed by atoms with van der Waals surface area (Å²) in [7, 11) is -4.19. The van der Waals surface area contributed by atoms with Crippen LogP contribution in [-0.4, -0.2) is 36.7 Å². The van der Waals surface area contributed by atoms with Gasteiger partial charge in [-0.2, -0.15) is 4.31 Å². The first kappa shape index (κ1) is 21.1. The van der Waals surface area contributed by atoms with E-state index in [0.717, 1.165) is 5.56 Å². The van der Waals surface area contributed by atoms with Crippen LogP contribution in [0.4, 0.5) is 4.79 Å². The van der Waals surface area contributed by atoms with Crippen molar-refractivity contribution in [2.24, 2.45) is 0 Å². The van der Waals surface area contributed by atoms with Crippen LogP contribution in [0.1, 0.15) is 28.8 Å². The van der Waals surface area contributed by atoms with Crippen LogP contribution in [-0.2, 0) is 14.8 Å². The Balaban J connectivity index is 1.96. The molecule has 2 atom stereocenters. The number of aryl methyl sites for hydroxylation is 1. The van der Waals surface area contributed by atoms with Crippen LogP contribution in [0, 0.1) is 6.92 Å². The lowest BCUT2D eigenvalue weighted by atomic mass is 9.99. The van der Waals surface area contributed by atoms with Gasteiger partial charge in [-0.3, -0.25) is 4.79 Å². The van der Waals surface area contributed by atoms with Gasteiger partial charge in [-0.15, -0.1) is 6.58 Å². The largest absolute Gasteiger partial charge is 0.443 e. The number of cyclic esters (lactones) is 1. The van der Waals surface area contributed by atoms with Gasteiger partial charge in [0.15, 0.2) is 5.78 Å². The standard InChI is InChI=1S/C21H20ClNO5S/c1-3-4-20-18(13-19(24)15-7-9-16(22)10-8-15)23(21(25)28-20)29(26,27)17-11-5-14(2)6-12-17/h3,5-12,18,20H,1,4,13H2,2H3/t18-,20-/m0/s1. The zero-order chi connectivity index (χ0) is 21.2. The highest BCUT2D eigenvalue weighted by molar-refractivity contribution is 7.89. The van der Waals surface area contributed by atoms with Gasteiger partial charge in [-0.05, 0) is 43.3 Å². The molecule has 6 nitrogen and oxygen atoms in total. The van der Waals surface area contributed by atoms with Crippen molar-refractivity contribution in [2.75, 3.05) is 0 Å². The second-order valence-electron chi connectivity index (χ2n) is 6.76. The van der Waals surface area contributed by atoms with E-state index in [4.69, 9.17) is 16.3 Å².